The fraction of sp³-hybridized carbons (Fsp3) is 1.00. The molecule has 0 amide bonds. The topological polar surface area (TPSA) is 29.3 Å². The van der Waals surface area contributed by atoms with E-state index in [2.05, 4.69) is 18.7 Å². The molecule has 2 rings (SSSR count). The number of hydrogen-bond donors (Lipinski definition) is 1. The molecule has 1 aliphatic carbocycles. The molecule has 4 unspecified atom stereocenters. The van der Waals surface area contributed by atoms with Crippen molar-refractivity contribution in [2.24, 2.45) is 17.6 Å². The highest BCUT2D eigenvalue weighted by Crippen LogP contribution is 2.36. The third-order valence-corrected chi connectivity index (χ3v) is 5.51. The van der Waals surface area contributed by atoms with Gasteiger partial charge in [0.1, 0.15) is 0 Å². The average molecular weight is 252 g/mol. The molecule has 0 bridgehead atoms. The second kappa shape index (κ2) is 6.91. The maximum atomic E-state index is 6.05. The van der Waals surface area contributed by atoms with Gasteiger partial charge in [-0.1, -0.05) is 33.1 Å². The Morgan fingerprint density at radius 1 is 1.06 bits per heavy atom. The van der Waals surface area contributed by atoms with Crippen LogP contribution < -0.4 is 5.73 Å². The maximum absolute atomic E-state index is 6.05. The van der Waals surface area contributed by atoms with E-state index in [1.165, 1.54) is 57.9 Å². The molecule has 2 heteroatoms. The molecule has 2 fully saturated rings. The molecule has 2 nitrogen and oxygen atoms in total. The summed E-state index contributed by atoms with van der Waals surface area (Å²) in [5, 5.41) is 0. The Bertz CT molecular complexity index is 241. The third-order valence-electron chi connectivity index (χ3n) is 5.51. The van der Waals surface area contributed by atoms with Crippen LogP contribution in [0.3, 0.4) is 0 Å². The van der Waals surface area contributed by atoms with Crippen molar-refractivity contribution in [1.82, 2.24) is 4.90 Å². The molecular weight excluding hydrogens is 220 g/mol. The van der Waals surface area contributed by atoms with Crippen molar-refractivity contribution in [1.29, 1.82) is 0 Å². The number of rotatable bonds is 4. The van der Waals surface area contributed by atoms with Gasteiger partial charge >= 0.3 is 0 Å². The third kappa shape index (κ3) is 3.08. The maximum Gasteiger partial charge on any atom is 0.0141 e. The zero-order valence-electron chi connectivity index (χ0n) is 12.4. The van der Waals surface area contributed by atoms with Crippen LogP contribution in [0.15, 0.2) is 0 Å². The molecule has 2 N–H and O–H groups in total. The van der Waals surface area contributed by atoms with Crippen molar-refractivity contribution in [3.05, 3.63) is 0 Å². The van der Waals surface area contributed by atoms with Crippen LogP contribution >= 0.6 is 0 Å². The first kappa shape index (κ1) is 14.3. The summed E-state index contributed by atoms with van der Waals surface area (Å²) in [7, 11) is 0. The van der Waals surface area contributed by atoms with Gasteiger partial charge in [-0.25, -0.2) is 0 Å². The summed E-state index contributed by atoms with van der Waals surface area (Å²) in [4.78, 5) is 2.85. The summed E-state index contributed by atoms with van der Waals surface area (Å²) in [5.41, 5.74) is 6.05. The van der Waals surface area contributed by atoms with Crippen molar-refractivity contribution in [2.75, 3.05) is 13.1 Å². The van der Waals surface area contributed by atoms with E-state index < -0.39 is 0 Å². The minimum atomic E-state index is 0.764. The van der Waals surface area contributed by atoms with Crippen LogP contribution in [0.25, 0.3) is 0 Å². The quantitative estimate of drug-likeness (QED) is 0.831. The molecule has 0 spiro atoms. The lowest BCUT2D eigenvalue weighted by Crippen LogP contribution is -2.52. The van der Waals surface area contributed by atoms with Crippen LogP contribution in [0.2, 0.25) is 0 Å². The molecule has 2 aliphatic rings. The molecule has 0 aromatic rings. The minimum Gasteiger partial charge on any atom is -0.330 e. The largest absolute Gasteiger partial charge is 0.330 e. The van der Waals surface area contributed by atoms with Crippen molar-refractivity contribution < 1.29 is 0 Å². The van der Waals surface area contributed by atoms with E-state index in [-0.39, 0.29) is 0 Å². The number of nitrogens with zero attached hydrogens (tertiary/aromatic N) is 1. The lowest BCUT2D eigenvalue weighted by atomic mass is 9.75. The van der Waals surface area contributed by atoms with Gasteiger partial charge in [-0.05, 0) is 57.0 Å². The Morgan fingerprint density at radius 3 is 2.56 bits per heavy atom. The SMILES string of the molecule is CCC1CCC(CN)C(N2CCCCC2CC)C1. The number of likely N-dealkylation sites (tertiary alicyclic amines) is 1. The monoisotopic (exact) mass is 252 g/mol. The Morgan fingerprint density at radius 2 is 1.89 bits per heavy atom. The Hall–Kier alpha value is -0.0800. The van der Waals surface area contributed by atoms with E-state index in [4.69, 9.17) is 5.73 Å². The second-order valence-electron chi connectivity index (χ2n) is 6.45. The molecule has 1 saturated heterocycles. The van der Waals surface area contributed by atoms with Crippen LogP contribution in [0, 0.1) is 11.8 Å². The average Bonchev–Trinajstić information content (AvgIpc) is 2.46. The Labute approximate surface area is 113 Å². The lowest BCUT2D eigenvalue weighted by Gasteiger charge is -2.47. The van der Waals surface area contributed by atoms with Crippen LogP contribution in [0.1, 0.15) is 65.2 Å². The van der Waals surface area contributed by atoms with Gasteiger partial charge in [0.15, 0.2) is 0 Å². The van der Waals surface area contributed by atoms with Gasteiger partial charge in [0.2, 0.25) is 0 Å². The number of hydrogen-bond acceptors (Lipinski definition) is 2. The van der Waals surface area contributed by atoms with E-state index in [9.17, 15) is 0 Å². The zero-order valence-corrected chi connectivity index (χ0v) is 12.4. The number of nitrogens with two attached hydrogens (primary N) is 1. The fourth-order valence-electron chi connectivity index (χ4n) is 4.24. The Balaban J connectivity index is 2.05. The predicted molar refractivity (Wildman–Crippen MR) is 78.6 cm³/mol. The first-order valence-corrected chi connectivity index (χ1v) is 8.25. The summed E-state index contributed by atoms with van der Waals surface area (Å²) in [6.07, 6.45) is 11.1. The summed E-state index contributed by atoms with van der Waals surface area (Å²) in [5.74, 6) is 1.72. The van der Waals surface area contributed by atoms with Crippen molar-refractivity contribution in [2.45, 2.75) is 77.3 Å². The van der Waals surface area contributed by atoms with Crippen LogP contribution in [-0.4, -0.2) is 30.1 Å². The molecular formula is C16H32N2. The van der Waals surface area contributed by atoms with Gasteiger partial charge in [-0.15, -0.1) is 0 Å². The standard InChI is InChI=1S/C16H32N2/c1-3-13-8-9-14(12-17)16(11-13)18-10-6-5-7-15(18)4-2/h13-16H,3-12,17H2,1-2H3. The molecule has 0 aromatic heterocycles. The van der Waals surface area contributed by atoms with E-state index in [0.717, 1.165) is 30.5 Å². The van der Waals surface area contributed by atoms with Gasteiger partial charge in [0.05, 0.1) is 0 Å². The Kier molecular flexibility index (Phi) is 5.50. The molecule has 1 aliphatic heterocycles. The lowest BCUT2D eigenvalue weighted by molar-refractivity contribution is 0.0234. The highest BCUT2D eigenvalue weighted by atomic mass is 15.2. The van der Waals surface area contributed by atoms with Crippen LogP contribution in [0.5, 0.6) is 0 Å². The normalized spacial score (nSPS) is 38.8. The molecule has 1 saturated carbocycles. The smallest absolute Gasteiger partial charge is 0.0141 e. The molecule has 18 heavy (non-hydrogen) atoms. The summed E-state index contributed by atoms with van der Waals surface area (Å²) < 4.78 is 0. The minimum absolute atomic E-state index is 0.764. The van der Waals surface area contributed by atoms with Gasteiger partial charge in [0, 0.05) is 12.1 Å². The van der Waals surface area contributed by atoms with Crippen LogP contribution in [0.4, 0.5) is 0 Å². The van der Waals surface area contributed by atoms with E-state index in [1.807, 2.05) is 0 Å². The molecule has 4 atom stereocenters. The van der Waals surface area contributed by atoms with Gasteiger partial charge in [-0.2, -0.15) is 0 Å². The zero-order chi connectivity index (χ0) is 13.0. The fourth-order valence-corrected chi connectivity index (χ4v) is 4.24. The summed E-state index contributed by atoms with van der Waals surface area (Å²) in [6, 6.07) is 1.63. The van der Waals surface area contributed by atoms with Crippen molar-refractivity contribution in [3.63, 3.8) is 0 Å². The van der Waals surface area contributed by atoms with Crippen LogP contribution in [-0.2, 0) is 0 Å². The van der Waals surface area contributed by atoms with Gasteiger partial charge in [-0.3, -0.25) is 4.90 Å². The first-order valence-electron chi connectivity index (χ1n) is 8.25. The molecule has 106 valence electrons. The molecule has 0 radical (unpaired) electrons. The van der Waals surface area contributed by atoms with Crippen molar-refractivity contribution in [3.8, 4) is 0 Å². The molecule has 0 aromatic carbocycles. The van der Waals surface area contributed by atoms with Crippen molar-refractivity contribution >= 4 is 0 Å². The highest BCUT2D eigenvalue weighted by Gasteiger charge is 2.36. The van der Waals surface area contributed by atoms with Gasteiger partial charge in [0.25, 0.3) is 0 Å². The number of piperidine rings is 1. The molecule has 1 heterocycles. The second-order valence-corrected chi connectivity index (χ2v) is 6.45. The predicted octanol–water partition coefficient (Wildman–Crippen LogP) is 3.40. The van der Waals surface area contributed by atoms with Gasteiger partial charge < -0.3 is 5.73 Å². The highest BCUT2D eigenvalue weighted by molar-refractivity contribution is 4.91. The first-order chi connectivity index (χ1) is 8.80. The summed E-state index contributed by atoms with van der Waals surface area (Å²) in [6.45, 7) is 6.95. The van der Waals surface area contributed by atoms with E-state index in [1.54, 1.807) is 0 Å². The van der Waals surface area contributed by atoms with E-state index >= 15 is 0 Å². The summed E-state index contributed by atoms with van der Waals surface area (Å²) >= 11 is 0. The van der Waals surface area contributed by atoms with E-state index in [0.29, 0.717) is 0 Å².